The summed E-state index contributed by atoms with van der Waals surface area (Å²) < 4.78 is 26.5. The summed E-state index contributed by atoms with van der Waals surface area (Å²) in [5.74, 6) is 0. The average molecular weight is 300 g/mol. The Labute approximate surface area is 119 Å². The van der Waals surface area contributed by atoms with Gasteiger partial charge >= 0.3 is 0 Å². The van der Waals surface area contributed by atoms with Crippen molar-refractivity contribution in [2.24, 2.45) is 5.41 Å². The SMILES string of the molecule is CCC(C)(C)CCNS(=O)(=O)c1ccc([N+](=O)[O-])cc1. The van der Waals surface area contributed by atoms with Crippen molar-refractivity contribution in [1.82, 2.24) is 4.72 Å². The second-order valence-electron chi connectivity index (χ2n) is 5.42. The summed E-state index contributed by atoms with van der Waals surface area (Å²) in [6.45, 7) is 6.56. The van der Waals surface area contributed by atoms with Crippen LogP contribution in [0.4, 0.5) is 5.69 Å². The van der Waals surface area contributed by atoms with E-state index in [1.54, 1.807) is 0 Å². The Balaban J connectivity index is 2.72. The largest absolute Gasteiger partial charge is 0.269 e. The first-order valence-electron chi connectivity index (χ1n) is 6.42. The van der Waals surface area contributed by atoms with Gasteiger partial charge in [-0.3, -0.25) is 10.1 Å². The van der Waals surface area contributed by atoms with Gasteiger partial charge in [0.15, 0.2) is 0 Å². The molecule has 0 atom stereocenters. The molecule has 1 N–H and O–H groups in total. The van der Waals surface area contributed by atoms with Gasteiger partial charge in [-0.05, 0) is 24.0 Å². The van der Waals surface area contributed by atoms with E-state index >= 15 is 0 Å². The second-order valence-corrected chi connectivity index (χ2v) is 7.18. The molecular formula is C13H20N2O4S. The molecule has 0 unspecified atom stereocenters. The van der Waals surface area contributed by atoms with Crippen LogP contribution in [0.5, 0.6) is 0 Å². The maximum atomic E-state index is 12.0. The Morgan fingerprint density at radius 2 is 1.80 bits per heavy atom. The Hall–Kier alpha value is -1.47. The maximum absolute atomic E-state index is 12.0. The van der Waals surface area contributed by atoms with E-state index in [1.165, 1.54) is 24.3 Å². The number of nitrogens with zero attached hydrogens (tertiary/aromatic N) is 1. The molecule has 1 rings (SSSR count). The van der Waals surface area contributed by atoms with E-state index in [4.69, 9.17) is 0 Å². The summed E-state index contributed by atoms with van der Waals surface area (Å²) >= 11 is 0. The number of non-ortho nitro benzene ring substituents is 1. The number of hydrogen-bond donors (Lipinski definition) is 1. The first-order valence-corrected chi connectivity index (χ1v) is 7.90. The summed E-state index contributed by atoms with van der Waals surface area (Å²) in [5, 5.41) is 10.5. The second kappa shape index (κ2) is 6.32. The van der Waals surface area contributed by atoms with Crippen molar-refractivity contribution in [2.45, 2.75) is 38.5 Å². The van der Waals surface area contributed by atoms with Crippen LogP contribution in [-0.4, -0.2) is 19.9 Å². The molecule has 7 heteroatoms. The van der Waals surface area contributed by atoms with Gasteiger partial charge in [-0.2, -0.15) is 0 Å². The molecule has 0 amide bonds. The van der Waals surface area contributed by atoms with E-state index in [2.05, 4.69) is 25.5 Å². The summed E-state index contributed by atoms with van der Waals surface area (Å²) in [6, 6.07) is 4.85. The van der Waals surface area contributed by atoms with E-state index in [0.29, 0.717) is 6.54 Å². The van der Waals surface area contributed by atoms with E-state index in [9.17, 15) is 18.5 Å². The lowest BCUT2D eigenvalue weighted by Gasteiger charge is -2.22. The van der Waals surface area contributed by atoms with Gasteiger partial charge in [-0.1, -0.05) is 27.2 Å². The molecule has 0 aliphatic rings. The Kier molecular flexibility index (Phi) is 5.24. The van der Waals surface area contributed by atoms with Crippen molar-refractivity contribution in [1.29, 1.82) is 0 Å². The molecule has 0 heterocycles. The van der Waals surface area contributed by atoms with Gasteiger partial charge in [0, 0.05) is 18.7 Å². The van der Waals surface area contributed by atoms with Crippen molar-refractivity contribution in [3.05, 3.63) is 34.4 Å². The molecule has 112 valence electrons. The molecule has 0 saturated carbocycles. The zero-order chi connectivity index (χ0) is 15.4. The van der Waals surface area contributed by atoms with Crippen LogP contribution in [0.15, 0.2) is 29.2 Å². The predicted molar refractivity (Wildman–Crippen MR) is 77.0 cm³/mol. The fourth-order valence-electron chi connectivity index (χ4n) is 1.53. The van der Waals surface area contributed by atoms with Crippen LogP contribution in [0.3, 0.4) is 0 Å². The van der Waals surface area contributed by atoms with Gasteiger partial charge < -0.3 is 0 Å². The first-order chi connectivity index (χ1) is 9.18. The van der Waals surface area contributed by atoms with Crippen LogP contribution in [-0.2, 0) is 10.0 Å². The molecule has 0 aliphatic carbocycles. The fraction of sp³-hybridized carbons (Fsp3) is 0.538. The van der Waals surface area contributed by atoms with E-state index in [0.717, 1.165) is 12.8 Å². The number of nitrogens with one attached hydrogen (secondary N) is 1. The van der Waals surface area contributed by atoms with Gasteiger partial charge in [-0.25, -0.2) is 13.1 Å². The van der Waals surface area contributed by atoms with Gasteiger partial charge in [0.05, 0.1) is 9.82 Å². The predicted octanol–water partition coefficient (Wildman–Crippen LogP) is 2.70. The van der Waals surface area contributed by atoms with Gasteiger partial charge in [-0.15, -0.1) is 0 Å². The standard InChI is InChI=1S/C13H20N2O4S/c1-4-13(2,3)9-10-14-20(18,19)12-7-5-11(6-8-12)15(16)17/h5-8,14H,4,9-10H2,1-3H3. The van der Waals surface area contributed by atoms with E-state index in [-0.39, 0.29) is 16.0 Å². The molecule has 1 aromatic carbocycles. The van der Waals surface area contributed by atoms with Crippen molar-refractivity contribution >= 4 is 15.7 Å². The highest BCUT2D eigenvalue weighted by molar-refractivity contribution is 7.89. The monoisotopic (exact) mass is 300 g/mol. The van der Waals surface area contributed by atoms with Crippen LogP contribution in [0.2, 0.25) is 0 Å². The minimum absolute atomic E-state index is 0.0393. The molecule has 20 heavy (non-hydrogen) atoms. The summed E-state index contributed by atoms with van der Waals surface area (Å²) in [4.78, 5) is 10.00. The minimum Gasteiger partial charge on any atom is -0.258 e. The maximum Gasteiger partial charge on any atom is 0.269 e. The Morgan fingerprint density at radius 1 is 1.25 bits per heavy atom. The van der Waals surface area contributed by atoms with Crippen LogP contribution in [0, 0.1) is 15.5 Å². The quantitative estimate of drug-likeness (QED) is 0.619. The highest BCUT2D eigenvalue weighted by Gasteiger charge is 2.19. The van der Waals surface area contributed by atoms with E-state index in [1.807, 2.05) is 0 Å². The number of hydrogen-bond acceptors (Lipinski definition) is 4. The molecule has 0 aromatic heterocycles. The average Bonchev–Trinajstić information content (AvgIpc) is 2.38. The highest BCUT2D eigenvalue weighted by Crippen LogP contribution is 2.24. The Bertz CT molecular complexity index is 565. The third-order valence-corrected chi connectivity index (χ3v) is 4.89. The molecule has 0 bridgehead atoms. The van der Waals surface area contributed by atoms with Crippen molar-refractivity contribution in [2.75, 3.05) is 6.54 Å². The normalized spacial score (nSPS) is 12.3. The molecular weight excluding hydrogens is 280 g/mol. The third kappa shape index (κ3) is 4.57. The molecule has 0 fully saturated rings. The molecule has 0 spiro atoms. The van der Waals surface area contributed by atoms with Crippen molar-refractivity contribution < 1.29 is 13.3 Å². The van der Waals surface area contributed by atoms with Gasteiger partial charge in [0.2, 0.25) is 10.0 Å². The zero-order valence-corrected chi connectivity index (χ0v) is 12.7. The summed E-state index contributed by atoms with van der Waals surface area (Å²) in [6.07, 6.45) is 1.70. The van der Waals surface area contributed by atoms with Crippen LogP contribution in [0.1, 0.15) is 33.6 Å². The number of sulfonamides is 1. The third-order valence-electron chi connectivity index (χ3n) is 3.41. The lowest BCUT2D eigenvalue weighted by Crippen LogP contribution is -2.28. The fourth-order valence-corrected chi connectivity index (χ4v) is 2.56. The first kappa shape index (κ1) is 16.6. The topological polar surface area (TPSA) is 89.3 Å². The number of benzene rings is 1. The molecule has 0 saturated heterocycles. The Morgan fingerprint density at radius 3 is 2.25 bits per heavy atom. The highest BCUT2D eigenvalue weighted by atomic mass is 32.2. The van der Waals surface area contributed by atoms with Gasteiger partial charge in [0.25, 0.3) is 5.69 Å². The summed E-state index contributed by atoms with van der Waals surface area (Å²) in [5.41, 5.74) is -0.0473. The zero-order valence-electron chi connectivity index (χ0n) is 11.9. The number of nitro groups is 1. The smallest absolute Gasteiger partial charge is 0.258 e. The molecule has 0 radical (unpaired) electrons. The van der Waals surface area contributed by atoms with Crippen LogP contribution < -0.4 is 4.72 Å². The summed E-state index contributed by atoms with van der Waals surface area (Å²) in [7, 11) is -3.61. The molecule has 1 aromatic rings. The molecule has 0 aliphatic heterocycles. The van der Waals surface area contributed by atoms with Gasteiger partial charge in [0.1, 0.15) is 0 Å². The number of rotatable bonds is 7. The number of nitro benzene ring substituents is 1. The minimum atomic E-state index is -3.61. The lowest BCUT2D eigenvalue weighted by atomic mass is 9.87. The van der Waals surface area contributed by atoms with Crippen molar-refractivity contribution in [3.8, 4) is 0 Å². The van der Waals surface area contributed by atoms with Crippen molar-refractivity contribution in [3.63, 3.8) is 0 Å². The lowest BCUT2D eigenvalue weighted by molar-refractivity contribution is -0.384. The van der Waals surface area contributed by atoms with Crippen LogP contribution in [0.25, 0.3) is 0 Å². The van der Waals surface area contributed by atoms with E-state index < -0.39 is 14.9 Å². The molecule has 6 nitrogen and oxygen atoms in total. The van der Waals surface area contributed by atoms with Crippen LogP contribution >= 0.6 is 0 Å².